The zero-order valence-electron chi connectivity index (χ0n) is 16.0. The van der Waals surface area contributed by atoms with Gasteiger partial charge < -0.3 is 4.90 Å². The topological polar surface area (TPSA) is 58.9 Å². The molecule has 1 aromatic carbocycles. The summed E-state index contributed by atoms with van der Waals surface area (Å²) in [4.78, 5) is 13.7. The largest absolute Gasteiger partial charge is 0.327 e. The van der Waals surface area contributed by atoms with Crippen molar-refractivity contribution in [2.45, 2.75) is 45.4 Å². The van der Waals surface area contributed by atoms with E-state index in [1.165, 1.54) is 4.90 Å². The van der Waals surface area contributed by atoms with E-state index in [-0.39, 0.29) is 11.2 Å². The Bertz CT molecular complexity index is 695. The smallest absolute Gasteiger partial charge is 0.243 e. The fourth-order valence-corrected chi connectivity index (χ4v) is 4.33. The molecule has 1 heterocycles. The van der Waals surface area contributed by atoms with Gasteiger partial charge in [-0.15, -0.1) is 0 Å². The molecule has 6 heteroatoms. The summed E-state index contributed by atoms with van der Waals surface area (Å²) < 4.78 is 27.2. The predicted octanol–water partition coefficient (Wildman–Crippen LogP) is 1.31. The molecule has 0 unspecified atom stereocenters. The van der Waals surface area contributed by atoms with Crippen LogP contribution < -0.4 is 4.90 Å². The van der Waals surface area contributed by atoms with Gasteiger partial charge in [0.2, 0.25) is 10.0 Å². The van der Waals surface area contributed by atoms with E-state index in [0.29, 0.717) is 43.5 Å². The van der Waals surface area contributed by atoms with Crippen LogP contribution in [0.1, 0.15) is 46.1 Å². The Balaban J connectivity index is 2.00. The van der Waals surface area contributed by atoms with Crippen molar-refractivity contribution < 1.29 is 18.1 Å². The Kier molecular flexibility index (Phi) is 6.07. The number of carbonyl (C=O) groups excluding carboxylic acids is 1. The SMILES string of the molecule is CC(C)c1ccc(S(=O)(=O)N2CC[NH+](CC(=O)C(C)(C)C)CC2)cc1. The predicted molar refractivity (Wildman–Crippen MR) is 99.3 cm³/mol. The fourth-order valence-electron chi connectivity index (χ4n) is 2.89. The van der Waals surface area contributed by atoms with Crippen molar-refractivity contribution in [2.24, 2.45) is 5.41 Å². The molecule has 0 aromatic heterocycles. The van der Waals surface area contributed by atoms with Crippen LogP contribution in [0.25, 0.3) is 0 Å². The molecule has 0 amide bonds. The molecular formula is C19H31N2O3S+. The Morgan fingerprint density at radius 2 is 1.64 bits per heavy atom. The van der Waals surface area contributed by atoms with E-state index in [0.717, 1.165) is 5.56 Å². The summed E-state index contributed by atoms with van der Waals surface area (Å²) in [5.74, 6) is 0.604. The van der Waals surface area contributed by atoms with Gasteiger partial charge in [-0.2, -0.15) is 4.31 Å². The lowest BCUT2D eigenvalue weighted by atomic mass is 9.90. The van der Waals surface area contributed by atoms with Crippen LogP contribution in [0.3, 0.4) is 0 Å². The molecule has 25 heavy (non-hydrogen) atoms. The van der Waals surface area contributed by atoms with Gasteiger partial charge in [0.1, 0.15) is 6.54 Å². The third-order valence-electron chi connectivity index (χ3n) is 4.86. The van der Waals surface area contributed by atoms with Crippen LogP contribution in [0, 0.1) is 5.41 Å². The van der Waals surface area contributed by atoms with Gasteiger partial charge in [-0.3, -0.25) is 4.79 Å². The van der Waals surface area contributed by atoms with Crippen LogP contribution >= 0.6 is 0 Å². The van der Waals surface area contributed by atoms with Crippen molar-refractivity contribution in [3.8, 4) is 0 Å². The van der Waals surface area contributed by atoms with Crippen LogP contribution in [-0.4, -0.2) is 51.2 Å². The first-order valence-electron chi connectivity index (χ1n) is 8.99. The number of carbonyl (C=O) groups is 1. The molecule has 1 aromatic rings. The maximum absolute atomic E-state index is 12.8. The Morgan fingerprint density at radius 1 is 1.12 bits per heavy atom. The Hall–Kier alpha value is -1.24. The lowest BCUT2D eigenvalue weighted by molar-refractivity contribution is -0.895. The third-order valence-corrected chi connectivity index (χ3v) is 6.77. The molecule has 0 saturated carbocycles. The first-order valence-corrected chi connectivity index (χ1v) is 10.4. The van der Waals surface area contributed by atoms with Gasteiger partial charge in [0.05, 0.1) is 31.1 Å². The minimum absolute atomic E-state index is 0.225. The molecule has 0 aliphatic carbocycles. The number of sulfonamides is 1. The van der Waals surface area contributed by atoms with E-state index in [2.05, 4.69) is 13.8 Å². The number of piperazine rings is 1. The van der Waals surface area contributed by atoms with Gasteiger partial charge in [0, 0.05) is 5.41 Å². The summed E-state index contributed by atoms with van der Waals surface area (Å²) in [7, 11) is -3.45. The third kappa shape index (κ3) is 4.90. The zero-order valence-corrected chi connectivity index (χ0v) is 16.8. The number of quaternary nitrogens is 1. The average molecular weight is 368 g/mol. The minimum atomic E-state index is -3.45. The summed E-state index contributed by atoms with van der Waals surface area (Å²) in [6.07, 6.45) is 0. The molecule has 1 aliphatic rings. The number of nitrogens with one attached hydrogen (secondary N) is 1. The van der Waals surface area contributed by atoms with Crippen LogP contribution in [-0.2, 0) is 14.8 Å². The van der Waals surface area contributed by atoms with E-state index in [1.54, 1.807) is 16.4 Å². The summed E-state index contributed by atoms with van der Waals surface area (Å²) in [5.41, 5.74) is 0.794. The quantitative estimate of drug-likeness (QED) is 0.854. The molecular weight excluding hydrogens is 336 g/mol. The van der Waals surface area contributed by atoms with Gasteiger partial charge in [0.25, 0.3) is 0 Å². The maximum atomic E-state index is 12.8. The molecule has 1 aliphatic heterocycles. The summed E-state index contributed by atoms with van der Waals surface area (Å²) in [6, 6.07) is 7.18. The monoisotopic (exact) mass is 367 g/mol. The van der Waals surface area contributed by atoms with Crippen molar-refractivity contribution in [3.63, 3.8) is 0 Å². The lowest BCUT2D eigenvalue weighted by Gasteiger charge is -2.32. The minimum Gasteiger partial charge on any atom is -0.327 e. The van der Waals surface area contributed by atoms with Crippen molar-refractivity contribution in [3.05, 3.63) is 29.8 Å². The number of hydrogen-bond donors (Lipinski definition) is 1. The second-order valence-electron chi connectivity index (χ2n) is 8.23. The number of Topliss-reactive ketones (excluding diaryl/α,β-unsaturated/α-hetero) is 1. The second-order valence-corrected chi connectivity index (χ2v) is 10.2. The Morgan fingerprint density at radius 3 is 2.08 bits per heavy atom. The molecule has 0 atom stereocenters. The number of hydrogen-bond acceptors (Lipinski definition) is 3. The number of nitrogens with zero attached hydrogens (tertiary/aromatic N) is 1. The van der Waals surface area contributed by atoms with Gasteiger partial charge in [-0.05, 0) is 23.6 Å². The molecule has 5 nitrogen and oxygen atoms in total. The number of ketones is 1. The lowest BCUT2D eigenvalue weighted by Crippen LogP contribution is -3.15. The first-order chi connectivity index (χ1) is 11.5. The molecule has 1 N–H and O–H groups in total. The van der Waals surface area contributed by atoms with Gasteiger partial charge in [-0.1, -0.05) is 46.8 Å². The maximum Gasteiger partial charge on any atom is 0.243 e. The first kappa shape index (κ1) is 20.1. The highest BCUT2D eigenvalue weighted by Crippen LogP contribution is 2.20. The summed E-state index contributed by atoms with van der Waals surface area (Å²) in [6.45, 7) is 12.7. The van der Waals surface area contributed by atoms with E-state index < -0.39 is 10.0 Å². The van der Waals surface area contributed by atoms with E-state index >= 15 is 0 Å². The molecule has 0 bridgehead atoms. The molecule has 0 radical (unpaired) electrons. The molecule has 2 rings (SSSR count). The molecule has 1 fully saturated rings. The highest BCUT2D eigenvalue weighted by molar-refractivity contribution is 7.89. The van der Waals surface area contributed by atoms with Crippen LogP contribution in [0.4, 0.5) is 0 Å². The molecule has 140 valence electrons. The second kappa shape index (κ2) is 7.56. The number of benzene rings is 1. The van der Waals surface area contributed by atoms with Crippen LogP contribution in [0.5, 0.6) is 0 Å². The van der Waals surface area contributed by atoms with Crippen LogP contribution in [0.15, 0.2) is 29.2 Å². The standard InChI is InChI=1S/C19H30N2O3S/c1-15(2)16-6-8-17(9-7-16)25(23,24)21-12-10-20(11-13-21)14-18(22)19(3,4)5/h6-9,15H,10-14H2,1-5H3/p+1. The van der Waals surface area contributed by atoms with Crippen molar-refractivity contribution in [1.29, 1.82) is 0 Å². The molecule has 0 spiro atoms. The van der Waals surface area contributed by atoms with Gasteiger partial charge in [0.15, 0.2) is 5.78 Å². The Labute approximate surface area is 152 Å². The van der Waals surface area contributed by atoms with Gasteiger partial charge in [-0.25, -0.2) is 8.42 Å². The summed E-state index contributed by atoms with van der Waals surface area (Å²) >= 11 is 0. The molecule has 1 saturated heterocycles. The van der Waals surface area contributed by atoms with Crippen molar-refractivity contribution in [2.75, 3.05) is 32.7 Å². The van der Waals surface area contributed by atoms with Crippen molar-refractivity contribution >= 4 is 15.8 Å². The zero-order chi connectivity index (χ0) is 18.8. The normalized spacial score (nSPS) is 17.8. The van der Waals surface area contributed by atoms with Gasteiger partial charge >= 0.3 is 0 Å². The summed E-state index contributed by atoms with van der Waals surface area (Å²) in [5, 5.41) is 0. The van der Waals surface area contributed by atoms with Crippen molar-refractivity contribution in [1.82, 2.24) is 4.31 Å². The highest BCUT2D eigenvalue weighted by atomic mass is 32.2. The van der Waals surface area contributed by atoms with Crippen LogP contribution in [0.2, 0.25) is 0 Å². The number of rotatable bonds is 5. The fraction of sp³-hybridized carbons (Fsp3) is 0.632. The van der Waals surface area contributed by atoms with E-state index in [9.17, 15) is 13.2 Å². The highest BCUT2D eigenvalue weighted by Gasteiger charge is 2.33. The average Bonchev–Trinajstić information content (AvgIpc) is 2.54. The van der Waals surface area contributed by atoms with E-state index in [1.807, 2.05) is 32.9 Å². The van der Waals surface area contributed by atoms with E-state index in [4.69, 9.17) is 0 Å².